The van der Waals surface area contributed by atoms with Crippen LogP contribution in [0.25, 0.3) is 23.2 Å². The number of imidazole rings is 1. The van der Waals surface area contributed by atoms with Gasteiger partial charge in [-0.25, -0.2) is 14.8 Å². The lowest BCUT2D eigenvalue weighted by atomic mass is 9.72. The first kappa shape index (κ1) is 29.6. The Labute approximate surface area is 242 Å². The van der Waals surface area contributed by atoms with Gasteiger partial charge in [0, 0.05) is 18.9 Å². The molecule has 0 aliphatic heterocycles. The van der Waals surface area contributed by atoms with Crippen LogP contribution in [0.5, 0.6) is 0 Å². The summed E-state index contributed by atoms with van der Waals surface area (Å²) < 4.78 is 7.58. The molecule has 1 amide bonds. The van der Waals surface area contributed by atoms with Crippen molar-refractivity contribution in [2.75, 3.05) is 17.7 Å². The van der Waals surface area contributed by atoms with Crippen LogP contribution in [-0.2, 0) is 10.3 Å². The Hall–Kier alpha value is -4.37. The Morgan fingerprint density at radius 2 is 1.95 bits per heavy atom. The van der Waals surface area contributed by atoms with Crippen molar-refractivity contribution in [3.8, 4) is 17.1 Å². The molecule has 1 unspecified atom stereocenters. The maximum absolute atomic E-state index is 12.7. The number of rotatable bonds is 10. The minimum absolute atomic E-state index is 0.338. The van der Waals surface area contributed by atoms with Gasteiger partial charge in [0.15, 0.2) is 5.82 Å². The third-order valence-electron chi connectivity index (χ3n) is 7.26. The zero-order valence-corrected chi connectivity index (χ0v) is 24.4. The maximum atomic E-state index is 12.7. The van der Waals surface area contributed by atoms with E-state index in [4.69, 9.17) is 21.2 Å². The first-order chi connectivity index (χ1) is 19.5. The fraction of sp³-hybridized carbons (Fsp3) is 0.344. The van der Waals surface area contributed by atoms with E-state index < -0.39 is 17.2 Å². The molecule has 0 radical (unpaired) electrons. The first-order valence-corrected chi connectivity index (χ1v) is 13.8. The van der Waals surface area contributed by atoms with Crippen molar-refractivity contribution in [2.45, 2.75) is 63.8 Å². The molecule has 0 bridgehead atoms. The number of nitrogens with zero attached hydrogens (tertiary/aromatic N) is 4. The van der Waals surface area contributed by atoms with Crippen LogP contribution in [0.2, 0.25) is 0 Å². The molecule has 1 saturated carbocycles. The van der Waals surface area contributed by atoms with Crippen molar-refractivity contribution in [3.05, 3.63) is 85.2 Å². The summed E-state index contributed by atoms with van der Waals surface area (Å²) in [5.41, 5.74) is 15.1. The van der Waals surface area contributed by atoms with E-state index in [1.165, 1.54) is 0 Å². The number of nitrogens with two attached hydrogens (primary N) is 2. The van der Waals surface area contributed by atoms with Crippen LogP contribution in [0.4, 0.5) is 16.4 Å². The lowest BCUT2D eigenvalue weighted by Crippen LogP contribution is -2.52. The van der Waals surface area contributed by atoms with E-state index >= 15 is 0 Å². The molecule has 9 nitrogen and oxygen atoms in total. The average Bonchev–Trinajstić information content (AvgIpc) is 3.29. The molecule has 2 aromatic heterocycles. The Kier molecular flexibility index (Phi) is 8.68. The molecule has 1 atom stereocenters. The lowest BCUT2D eigenvalue weighted by Gasteiger charge is -2.43. The van der Waals surface area contributed by atoms with Crippen LogP contribution in [0.15, 0.2) is 74.0 Å². The summed E-state index contributed by atoms with van der Waals surface area (Å²) >= 11 is 0. The van der Waals surface area contributed by atoms with E-state index in [0.29, 0.717) is 29.3 Å². The second kappa shape index (κ2) is 12.0. The van der Waals surface area contributed by atoms with Gasteiger partial charge in [0.05, 0.1) is 17.3 Å². The third kappa shape index (κ3) is 6.36. The number of hydrogen-bond donors (Lipinski definition) is 3. The highest BCUT2D eigenvalue weighted by Crippen LogP contribution is 2.42. The summed E-state index contributed by atoms with van der Waals surface area (Å²) in [5, 5.41) is 3.13. The van der Waals surface area contributed by atoms with Gasteiger partial charge in [-0.3, -0.25) is 4.57 Å². The number of nitrogen functional groups attached to an aromatic ring is 1. The minimum Gasteiger partial charge on any atom is -0.444 e. The predicted molar refractivity (Wildman–Crippen MR) is 167 cm³/mol. The van der Waals surface area contributed by atoms with Crippen molar-refractivity contribution in [3.63, 3.8) is 0 Å². The number of anilines is 2. The smallest absolute Gasteiger partial charge is 0.408 e. The van der Waals surface area contributed by atoms with Crippen LogP contribution in [0.1, 0.15) is 57.7 Å². The second-order valence-corrected chi connectivity index (χ2v) is 11.3. The molecule has 1 fully saturated rings. The van der Waals surface area contributed by atoms with Crippen LogP contribution < -0.4 is 21.7 Å². The van der Waals surface area contributed by atoms with Crippen molar-refractivity contribution in [2.24, 2.45) is 5.73 Å². The normalized spacial score (nSPS) is 15.1. The summed E-state index contributed by atoms with van der Waals surface area (Å²) in [5.74, 6) is 1.77. The minimum atomic E-state index is -0.571. The highest BCUT2D eigenvalue weighted by molar-refractivity contribution is 5.77. The van der Waals surface area contributed by atoms with Gasteiger partial charge in [-0.15, -0.1) is 0 Å². The Balaban J connectivity index is 1.79. The number of aromatic nitrogens is 3. The standard InChI is InChI=1S/C32H41N7O2/c1-7-9-10-14-26(33)38(6)29-25(8-2)36-28(24-13-11-21-35-27(24)34)39(29)23-17-15-22(16-18-23)32(19-12-20-32)37-30(40)41-31(3,4)5/h7-11,13,15-18,21,26H,1-2,12,14,19-20,33H2,3-6H3,(H2,34,35)(H,37,40)/b10-9-. The van der Waals surface area contributed by atoms with Crippen LogP contribution in [0.3, 0.4) is 0 Å². The van der Waals surface area contributed by atoms with Crippen molar-refractivity contribution in [1.82, 2.24) is 19.9 Å². The van der Waals surface area contributed by atoms with Gasteiger partial charge in [0.2, 0.25) is 0 Å². The number of carbonyl (C=O) groups excluding carboxylic acids is 1. The van der Waals surface area contributed by atoms with E-state index in [2.05, 4.69) is 23.5 Å². The molecular weight excluding hydrogens is 514 g/mol. The topological polar surface area (TPSA) is 124 Å². The van der Waals surface area contributed by atoms with E-state index in [0.717, 1.165) is 36.3 Å². The average molecular weight is 556 g/mol. The molecule has 41 heavy (non-hydrogen) atoms. The van der Waals surface area contributed by atoms with E-state index in [9.17, 15) is 4.79 Å². The number of nitrogens with one attached hydrogen (secondary N) is 1. The second-order valence-electron chi connectivity index (χ2n) is 11.3. The molecule has 0 saturated heterocycles. The zero-order chi connectivity index (χ0) is 29.8. The molecule has 4 rings (SSSR count). The highest BCUT2D eigenvalue weighted by Gasteiger charge is 2.41. The Bertz CT molecular complexity index is 1430. The molecule has 3 aromatic rings. The number of alkyl carbamates (subject to hydrolysis) is 1. The summed E-state index contributed by atoms with van der Waals surface area (Å²) in [7, 11) is 1.94. The van der Waals surface area contributed by atoms with Gasteiger partial charge < -0.3 is 26.4 Å². The Morgan fingerprint density at radius 3 is 2.51 bits per heavy atom. The number of pyridine rings is 1. The molecule has 9 heteroatoms. The number of allylic oxidation sites excluding steroid dienone is 2. The van der Waals surface area contributed by atoms with E-state index in [1.54, 1.807) is 18.3 Å². The van der Waals surface area contributed by atoms with Crippen molar-refractivity contribution in [1.29, 1.82) is 0 Å². The fourth-order valence-electron chi connectivity index (χ4n) is 5.01. The molecule has 2 heterocycles. The van der Waals surface area contributed by atoms with Gasteiger partial charge in [0.25, 0.3) is 0 Å². The number of ether oxygens (including phenoxy) is 1. The van der Waals surface area contributed by atoms with Gasteiger partial charge in [-0.2, -0.15) is 0 Å². The summed E-state index contributed by atoms with van der Waals surface area (Å²) in [6, 6.07) is 11.9. The van der Waals surface area contributed by atoms with Crippen molar-refractivity contribution < 1.29 is 9.53 Å². The zero-order valence-electron chi connectivity index (χ0n) is 24.4. The van der Waals surface area contributed by atoms with Crippen LogP contribution >= 0.6 is 0 Å². The number of amides is 1. The summed E-state index contributed by atoms with van der Waals surface area (Å²) in [4.78, 5) is 23.9. The number of hydrogen-bond acceptors (Lipinski definition) is 7. The van der Waals surface area contributed by atoms with Gasteiger partial charge >= 0.3 is 6.09 Å². The summed E-state index contributed by atoms with van der Waals surface area (Å²) in [6.07, 6.45) is 11.5. The molecule has 216 valence electrons. The Morgan fingerprint density at radius 1 is 1.24 bits per heavy atom. The molecule has 1 aromatic carbocycles. The van der Waals surface area contributed by atoms with Crippen molar-refractivity contribution >= 4 is 23.8 Å². The maximum Gasteiger partial charge on any atom is 0.408 e. The first-order valence-electron chi connectivity index (χ1n) is 13.8. The monoisotopic (exact) mass is 555 g/mol. The molecule has 1 aliphatic carbocycles. The molecular formula is C32H41N7O2. The third-order valence-corrected chi connectivity index (χ3v) is 7.26. The van der Waals surface area contributed by atoms with Gasteiger partial charge in [-0.1, -0.05) is 43.5 Å². The van der Waals surface area contributed by atoms with E-state index in [1.807, 2.05) is 85.8 Å². The number of carbonyl (C=O) groups is 1. The molecule has 5 N–H and O–H groups in total. The van der Waals surface area contributed by atoms with Crippen LogP contribution in [-0.4, -0.2) is 39.4 Å². The van der Waals surface area contributed by atoms with Crippen LogP contribution in [0, 0.1) is 0 Å². The highest BCUT2D eigenvalue weighted by atomic mass is 16.6. The SMILES string of the molecule is C=C/C=C\CC(N)N(C)c1c(C=C)nc(-c2cccnc2N)n1-c1ccc(C2(NC(=O)OC(C)(C)C)CCC2)cc1. The lowest BCUT2D eigenvalue weighted by molar-refractivity contribution is 0.0377. The molecule has 1 aliphatic rings. The van der Waals surface area contributed by atoms with E-state index in [-0.39, 0.29) is 6.17 Å². The quantitative estimate of drug-likeness (QED) is 0.210. The predicted octanol–water partition coefficient (Wildman–Crippen LogP) is 5.92. The fourth-order valence-corrected chi connectivity index (χ4v) is 5.01. The van der Waals surface area contributed by atoms with Gasteiger partial charge in [-0.05, 0) is 82.4 Å². The molecule has 0 spiro atoms. The largest absolute Gasteiger partial charge is 0.444 e. The number of benzene rings is 1. The van der Waals surface area contributed by atoms with Gasteiger partial charge in [0.1, 0.15) is 22.9 Å². The summed E-state index contributed by atoms with van der Waals surface area (Å²) in [6.45, 7) is 13.3.